The lowest BCUT2D eigenvalue weighted by Gasteiger charge is -2.40. The van der Waals surface area contributed by atoms with Crippen LogP contribution in [0, 0.1) is 17.3 Å². The van der Waals surface area contributed by atoms with E-state index in [0.29, 0.717) is 5.92 Å². The predicted molar refractivity (Wildman–Crippen MR) is 52.5 cm³/mol. The highest BCUT2D eigenvalue weighted by Crippen LogP contribution is 2.44. The third-order valence-electron chi connectivity index (χ3n) is 3.76. The summed E-state index contributed by atoms with van der Waals surface area (Å²) in [6, 6.07) is 0. The lowest BCUT2D eigenvalue weighted by molar-refractivity contribution is -0.144. The molecule has 76 valence electrons. The van der Waals surface area contributed by atoms with E-state index in [9.17, 15) is 4.79 Å². The molecule has 1 aliphatic rings. The molecule has 0 aromatic carbocycles. The first-order valence-electron chi connectivity index (χ1n) is 5.18. The minimum atomic E-state index is -0.605. The molecule has 0 heterocycles. The fourth-order valence-electron chi connectivity index (χ4n) is 2.25. The van der Waals surface area contributed by atoms with Crippen molar-refractivity contribution < 1.29 is 9.90 Å². The van der Waals surface area contributed by atoms with E-state index in [0.717, 1.165) is 19.3 Å². The Morgan fingerprint density at radius 3 is 2.62 bits per heavy atom. The molecule has 2 atom stereocenters. The Bertz CT molecular complexity index is 198. The van der Waals surface area contributed by atoms with Gasteiger partial charge >= 0.3 is 5.97 Å². The van der Waals surface area contributed by atoms with Crippen molar-refractivity contribution in [3.8, 4) is 0 Å². The van der Waals surface area contributed by atoms with E-state index in [2.05, 4.69) is 20.8 Å². The van der Waals surface area contributed by atoms with Crippen molar-refractivity contribution >= 4 is 5.97 Å². The van der Waals surface area contributed by atoms with Gasteiger partial charge in [0.15, 0.2) is 0 Å². The Hall–Kier alpha value is -0.530. The SMILES string of the molecule is CC(C)[C@@]1(C)CCC[C@H](C(=O)O)C1. The van der Waals surface area contributed by atoms with Gasteiger partial charge in [0.2, 0.25) is 0 Å². The Morgan fingerprint density at radius 1 is 1.54 bits per heavy atom. The van der Waals surface area contributed by atoms with Gasteiger partial charge in [-0.3, -0.25) is 4.79 Å². The summed E-state index contributed by atoms with van der Waals surface area (Å²) in [5, 5.41) is 8.95. The van der Waals surface area contributed by atoms with Crippen molar-refractivity contribution in [1.82, 2.24) is 0 Å². The van der Waals surface area contributed by atoms with Crippen LogP contribution in [0.1, 0.15) is 46.5 Å². The fourth-order valence-corrected chi connectivity index (χ4v) is 2.25. The van der Waals surface area contributed by atoms with E-state index in [-0.39, 0.29) is 11.3 Å². The number of carboxylic acid groups (broad SMARTS) is 1. The zero-order chi connectivity index (χ0) is 10.1. The van der Waals surface area contributed by atoms with Gasteiger partial charge < -0.3 is 5.11 Å². The van der Waals surface area contributed by atoms with Crippen molar-refractivity contribution in [1.29, 1.82) is 0 Å². The first-order valence-corrected chi connectivity index (χ1v) is 5.18. The third-order valence-corrected chi connectivity index (χ3v) is 3.76. The zero-order valence-electron chi connectivity index (χ0n) is 8.84. The van der Waals surface area contributed by atoms with Crippen molar-refractivity contribution in [3.05, 3.63) is 0 Å². The van der Waals surface area contributed by atoms with Crippen LogP contribution in [0.3, 0.4) is 0 Å². The van der Waals surface area contributed by atoms with Gasteiger partial charge in [-0.15, -0.1) is 0 Å². The molecule has 2 nitrogen and oxygen atoms in total. The number of rotatable bonds is 2. The Kier molecular flexibility index (Phi) is 2.99. The number of hydrogen-bond acceptors (Lipinski definition) is 1. The summed E-state index contributed by atoms with van der Waals surface area (Å²) in [4.78, 5) is 10.9. The smallest absolute Gasteiger partial charge is 0.306 e. The predicted octanol–water partition coefficient (Wildman–Crippen LogP) is 2.92. The second-order valence-corrected chi connectivity index (χ2v) is 4.94. The number of aliphatic carboxylic acids is 1. The van der Waals surface area contributed by atoms with Gasteiger partial charge in [-0.2, -0.15) is 0 Å². The molecular weight excluding hydrogens is 164 g/mol. The summed E-state index contributed by atoms with van der Waals surface area (Å²) < 4.78 is 0. The van der Waals surface area contributed by atoms with Crippen LogP contribution in [0.15, 0.2) is 0 Å². The summed E-state index contributed by atoms with van der Waals surface area (Å²) in [6.45, 7) is 6.63. The molecule has 13 heavy (non-hydrogen) atoms. The van der Waals surface area contributed by atoms with Gasteiger partial charge in [-0.1, -0.05) is 27.2 Å². The van der Waals surface area contributed by atoms with Crippen LogP contribution in [-0.2, 0) is 4.79 Å². The van der Waals surface area contributed by atoms with Crippen LogP contribution in [0.25, 0.3) is 0 Å². The van der Waals surface area contributed by atoms with E-state index in [1.54, 1.807) is 0 Å². The summed E-state index contributed by atoms with van der Waals surface area (Å²) in [7, 11) is 0. The van der Waals surface area contributed by atoms with Crippen molar-refractivity contribution in [2.24, 2.45) is 17.3 Å². The van der Waals surface area contributed by atoms with Gasteiger partial charge in [-0.25, -0.2) is 0 Å². The Balaban J connectivity index is 2.65. The van der Waals surface area contributed by atoms with E-state index < -0.39 is 5.97 Å². The quantitative estimate of drug-likeness (QED) is 0.716. The molecular formula is C11H20O2. The van der Waals surface area contributed by atoms with Crippen molar-refractivity contribution in [2.45, 2.75) is 46.5 Å². The highest BCUT2D eigenvalue weighted by atomic mass is 16.4. The number of carboxylic acids is 1. The standard InChI is InChI=1S/C11H20O2/c1-8(2)11(3)6-4-5-9(7-11)10(12)13/h8-9H,4-7H2,1-3H3,(H,12,13)/t9-,11-/m0/s1. The average molecular weight is 184 g/mol. The Morgan fingerprint density at radius 2 is 2.15 bits per heavy atom. The first kappa shape index (κ1) is 10.6. The minimum Gasteiger partial charge on any atom is -0.481 e. The fraction of sp³-hybridized carbons (Fsp3) is 0.909. The van der Waals surface area contributed by atoms with Crippen molar-refractivity contribution in [2.75, 3.05) is 0 Å². The van der Waals surface area contributed by atoms with Gasteiger partial charge in [0.05, 0.1) is 5.92 Å². The van der Waals surface area contributed by atoms with Crippen LogP contribution in [0.2, 0.25) is 0 Å². The van der Waals surface area contributed by atoms with Crippen molar-refractivity contribution in [3.63, 3.8) is 0 Å². The van der Waals surface area contributed by atoms with Crippen LogP contribution >= 0.6 is 0 Å². The van der Waals surface area contributed by atoms with Gasteiger partial charge in [0, 0.05) is 0 Å². The van der Waals surface area contributed by atoms with E-state index in [1.165, 1.54) is 6.42 Å². The highest BCUT2D eigenvalue weighted by Gasteiger charge is 2.37. The molecule has 0 aromatic heterocycles. The van der Waals surface area contributed by atoms with Gasteiger partial charge in [-0.05, 0) is 30.6 Å². The molecule has 0 bridgehead atoms. The molecule has 0 aromatic rings. The summed E-state index contributed by atoms with van der Waals surface area (Å²) in [5.41, 5.74) is 0.251. The maximum Gasteiger partial charge on any atom is 0.306 e. The van der Waals surface area contributed by atoms with E-state index >= 15 is 0 Å². The number of carbonyl (C=O) groups is 1. The van der Waals surface area contributed by atoms with Gasteiger partial charge in [0.1, 0.15) is 0 Å². The zero-order valence-corrected chi connectivity index (χ0v) is 8.84. The summed E-state index contributed by atoms with van der Waals surface area (Å²) in [6.07, 6.45) is 4.00. The second kappa shape index (κ2) is 3.69. The lowest BCUT2D eigenvalue weighted by atomic mass is 9.65. The van der Waals surface area contributed by atoms with Crippen LogP contribution in [0.4, 0.5) is 0 Å². The Labute approximate surface area is 80.3 Å². The molecule has 1 rings (SSSR count). The lowest BCUT2D eigenvalue weighted by Crippen LogP contribution is -2.33. The topological polar surface area (TPSA) is 37.3 Å². The first-order chi connectivity index (χ1) is 5.96. The summed E-state index contributed by atoms with van der Waals surface area (Å²) >= 11 is 0. The second-order valence-electron chi connectivity index (χ2n) is 4.94. The molecule has 0 saturated heterocycles. The minimum absolute atomic E-state index is 0.0962. The molecule has 0 unspecified atom stereocenters. The average Bonchev–Trinajstić information content (AvgIpc) is 2.04. The maximum atomic E-state index is 10.9. The van der Waals surface area contributed by atoms with E-state index in [1.807, 2.05) is 0 Å². The highest BCUT2D eigenvalue weighted by molar-refractivity contribution is 5.70. The molecule has 2 heteroatoms. The van der Waals surface area contributed by atoms with Gasteiger partial charge in [0.25, 0.3) is 0 Å². The molecule has 1 fully saturated rings. The van der Waals surface area contributed by atoms with E-state index in [4.69, 9.17) is 5.11 Å². The molecule has 0 aliphatic heterocycles. The third kappa shape index (κ3) is 2.23. The molecule has 0 radical (unpaired) electrons. The van der Waals surface area contributed by atoms with Crippen LogP contribution in [0.5, 0.6) is 0 Å². The molecule has 0 spiro atoms. The molecule has 1 N–H and O–H groups in total. The number of hydrogen-bond donors (Lipinski definition) is 1. The largest absolute Gasteiger partial charge is 0.481 e. The molecule has 0 amide bonds. The monoisotopic (exact) mass is 184 g/mol. The molecule has 1 saturated carbocycles. The van der Waals surface area contributed by atoms with Crippen LogP contribution in [-0.4, -0.2) is 11.1 Å². The summed E-state index contributed by atoms with van der Waals surface area (Å²) in [5.74, 6) is -0.109. The van der Waals surface area contributed by atoms with Crippen LogP contribution < -0.4 is 0 Å². The normalized spacial score (nSPS) is 34.9. The maximum absolute atomic E-state index is 10.9. The molecule has 1 aliphatic carbocycles.